The Bertz CT molecular complexity index is 587. The monoisotopic (exact) mass is 337 g/mol. The molecule has 1 aromatic heterocycles. The Morgan fingerprint density at radius 2 is 2.17 bits per heavy atom. The number of nitrogens with one attached hydrogen (secondary N) is 1. The highest BCUT2D eigenvalue weighted by molar-refractivity contribution is 9.10. The van der Waals surface area contributed by atoms with Crippen LogP contribution in [-0.4, -0.2) is 25.0 Å². The van der Waals surface area contributed by atoms with Gasteiger partial charge < -0.3 is 9.52 Å². The van der Waals surface area contributed by atoms with E-state index in [9.17, 15) is 13.2 Å². The summed E-state index contributed by atoms with van der Waals surface area (Å²) in [5.41, 5.74) is -0.446. The molecule has 1 aliphatic rings. The smallest absolute Gasteiger partial charge is 0.371 e. The van der Waals surface area contributed by atoms with Crippen molar-refractivity contribution in [2.75, 3.05) is 0 Å². The molecule has 0 saturated heterocycles. The minimum Gasteiger partial charge on any atom is -0.475 e. The lowest BCUT2D eigenvalue weighted by atomic mass is 9.80. The second-order valence-electron chi connectivity index (χ2n) is 4.57. The second kappa shape index (κ2) is 4.36. The van der Waals surface area contributed by atoms with Crippen LogP contribution in [0, 0.1) is 0 Å². The van der Waals surface area contributed by atoms with Crippen LogP contribution in [0.5, 0.6) is 0 Å². The van der Waals surface area contributed by atoms with Crippen LogP contribution in [0.4, 0.5) is 0 Å². The van der Waals surface area contributed by atoms with Gasteiger partial charge in [-0.2, -0.15) is 0 Å². The summed E-state index contributed by atoms with van der Waals surface area (Å²) in [6.07, 6.45) is 2.52. The number of aromatic carboxylic acids is 1. The zero-order valence-corrected chi connectivity index (χ0v) is 12.0. The van der Waals surface area contributed by atoms with E-state index in [1.54, 1.807) is 0 Å². The van der Waals surface area contributed by atoms with E-state index < -0.39 is 27.3 Å². The molecule has 0 amide bonds. The molecule has 6 nitrogen and oxygen atoms in total. The van der Waals surface area contributed by atoms with Gasteiger partial charge in [0.1, 0.15) is 4.90 Å². The van der Waals surface area contributed by atoms with Gasteiger partial charge in [-0.1, -0.05) is 0 Å². The van der Waals surface area contributed by atoms with Crippen LogP contribution in [0.1, 0.15) is 36.7 Å². The van der Waals surface area contributed by atoms with E-state index in [2.05, 4.69) is 20.7 Å². The van der Waals surface area contributed by atoms with Crippen LogP contribution in [0.25, 0.3) is 0 Å². The Balaban J connectivity index is 2.32. The van der Waals surface area contributed by atoms with Gasteiger partial charge in [-0.15, -0.1) is 0 Å². The molecule has 18 heavy (non-hydrogen) atoms. The molecule has 1 aliphatic carbocycles. The predicted molar refractivity (Wildman–Crippen MR) is 65.9 cm³/mol. The van der Waals surface area contributed by atoms with E-state index in [0.29, 0.717) is 0 Å². The number of halogens is 1. The van der Waals surface area contributed by atoms with E-state index in [4.69, 9.17) is 9.52 Å². The van der Waals surface area contributed by atoms with E-state index in [0.717, 1.165) is 25.3 Å². The Kier molecular flexibility index (Phi) is 3.28. The lowest BCUT2D eigenvalue weighted by Gasteiger charge is -2.38. The number of sulfonamides is 1. The molecule has 0 atom stereocenters. The number of carboxylic acids is 1. The molecule has 8 heteroatoms. The molecule has 1 fully saturated rings. The van der Waals surface area contributed by atoms with Gasteiger partial charge in [0.15, 0.2) is 4.67 Å². The highest BCUT2D eigenvalue weighted by atomic mass is 79.9. The van der Waals surface area contributed by atoms with Crippen molar-refractivity contribution in [2.45, 2.75) is 36.6 Å². The highest BCUT2D eigenvalue weighted by Crippen LogP contribution is 2.34. The van der Waals surface area contributed by atoms with Crippen LogP contribution >= 0.6 is 15.9 Å². The maximum absolute atomic E-state index is 12.1. The van der Waals surface area contributed by atoms with Gasteiger partial charge in [0.25, 0.3) is 0 Å². The molecule has 1 aromatic rings. The molecular formula is C10H12BrNO5S. The first-order chi connectivity index (χ1) is 8.23. The number of carbonyl (C=O) groups is 1. The number of rotatable bonds is 4. The van der Waals surface area contributed by atoms with Crippen molar-refractivity contribution in [1.29, 1.82) is 0 Å². The van der Waals surface area contributed by atoms with Crippen molar-refractivity contribution >= 4 is 31.9 Å². The summed E-state index contributed by atoms with van der Waals surface area (Å²) in [6.45, 7) is 1.82. The Hall–Kier alpha value is -0.860. The molecule has 0 unspecified atom stereocenters. The third-order valence-electron chi connectivity index (χ3n) is 2.99. The topological polar surface area (TPSA) is 96.6 Å². The van der Waals surface area contributed by atoms with Gasteiger partial charge >= 0.3 is 5.97 Å². The summed E-state index contributed by atoms with van der Waals surface area (Å²) in [5, 5.41) is 8.75. The summed E-state index contributed by atoms with van der Waals surface area (Å²) in [6, 6.07) is 0.997. The average molecular weight is 338 g/mol. The number of furan rings is 1. The third-order valence-corrected chi connectivity index (χ3v) is 5.49. The van der Waals surface area contributed by atoms with Crippen LogP contribution < -0.4 is 4.72 Å². The summed E-state index contributed by atoms with van der Waals surface area (Å²) in [7, 11) is -3.78. The largest absolute Gasteiger partial charge is 0.475 e. The SMILES string of the molecule is CC1(NS(=O)(=O)c2cc(C(=O)O)oc2Br)CCC1. The van der Waals surface area contributed by atoms with Crippen molar-refractivity contribution in [3.8, 4) is 0 Å². The first kappa shape index (κ1) is 13.6. The van der Waals surface area contributed by atoms with E-state index >= 15 is 0 Å². The number of hydrogen-bond acceptors (Lipinski definition) is 4. The van der Waals surface area contributed by atoms with Crippen LogP contribution in [0.2, 0.25) is 0 Å². The normalized spacial score (nSPS) is 18.3. The van der Waals surface area contributed by atoms with Crippen molar-refractivity contribution in [3.05, 3.63) is 16.5 Å². The third kappa shape index (κ3) is 2.45. The van der Waals surface area contributed by atoms with Gasteiger partial charge in [-0.3, -0.25) is 0 Å². The van der Waals surface area contributed by atoms with E-state index in [1.165, 1.54) is 0 Å². The summed E-state index contributed by atoms with van der Waals surface area (Å²) >= 11 is 2.92. The van der Waals surface area contributed by atoms with Crippen LogP contribution in [0.3, 0.4) is 0 Å². The molecule has 2 N–H and O–H groups in total. The van der Waals surface area contributed by atoms with Crippen molar-refractivity contribution in [2.24, 2.45) is 0 Å². The number of carboxylic acid groups (broad SMARTS) is 1. The van der Waals surface area contributed by atoms with Gasteiger partial charge in [0.2, 0.25) is 15.8 Å². The summed E-state index contributed by atoms with van der Waals surface area (Å²) < 4.78 is 31.5. The highest BCUT2D eigenvalue weighted by Gasteiger charge is 2.37. The van der Waals surface area contributed by atoms with Gasteiger partial charge in [0.05, 0.1) is 0 Å². The Labute approximate surface area is 113 Å². The molecule has 0 bridgehead atoms. The van der Waals surface area contributed by atoms with Crippen LogP contribution in [0.15, 0.2) is 20.0 Å². The minimum absolute atomic E-state index is 0.102. The lowest BCUT2D eigenvalue weighted by Crippen LogP contribution is -2.50. The molecule has 2 rings (SSSR count). The Morgan fingerprint density at radius 1 is 1.56 bits per heavy atom. The van der Waals surface area contributed by atoms with Crippen LogP contribution in [-0.2, 0) is 10.0 Å². The molecule has 0 spiro atoms. The average Bonchev–Trinajstić information content (AvgIpc) is 2.58. The maximum atomic E-state index is 12.1. The molecule has 1 heterocycles. The fourth-order valence-electron chi connectivity index (χ4n) is 1.83. The van der Waals surface area contributed by atoms with Crippen molar-refractivity contribution in [3.63, 3.8) is 0 Å². The fourth-order valence-corrected chi connectivity index (χ4v) is 4.24. The molecule has 100 valence electrons. The zero-order chi connectivity index (χ0) is 13.6. The molecule has 1 saturated carbocycles. The first-order valence-electron chi connectivity index (χ1n) is 5.30. The molecular weight excluding hydrogens is 326 g/mol. The lowest BCUT2D eigenvalue weighted by molar-refractivity contribution is 0.0661. The van der Waals surface area contributed by atoms with E-state index in [-0.39, 0.29) is 9.56 Å². The standard InChI is InChI=1S/C10H12BrNO5S/c1-10(3-2-4-10)12-18(15,16)7-5-6(9(13)14)17-8(7)11/h5,12H,2-4H2,1H3,(H,13,14). The summed E-state index contributed by atoms with van der Waals surface area (Å²) in [5.74, 6) is -1.73. The fraction of sp³-hybridized carbons (Fsp3) is 0.500. The van der Waals surface area contributed by atoms with Crippen molar-refractivity contribution < 1.29 is 22.7 Å². The quantitative estimate of drug-likeness (QED) is 0.875. The Morgan fingerprint density at radius 3 is 2.56 bits per heavy atom. The van der Waals surface area contributed by atoms with Gasteiger partial charge in [-0.05, 0) is 42.1 Å². The molecule has 0 radical (unpaired) electrons. The van der Waals surface area contributed by atoms with Gasteiger partial charge in [-0.25, -0.2) is 17.9 Å². The molecule has 0 aliphatic heterocycles. The van der Waals surface area contributed by atoms with E-state index in [1.807, 2.05) is 6.92 Å². The zero-order valence-electron chi connectivity index (χ0n) is 9.57. The van der Waals surface area contributed by atoms with Gasteiger partial charge in [0, 0.05) is 11.6 Å². The first-order valence-corrected chi connectivity index (χ1v) is 7.58. The maximum Gasteiger partial charge on any atom is 0.371 e. The summed E-state index contributed by atoms with van der Waals surface area (Å²) in [4.78, 5) is 10.5. The molecule has 0 aromatic carbocycles. The predicted octanol–water partition coefficient (Wildman–Crippen LogP) is 1.96. The number of hydrogen-bond donors (Lipinski definition) is 2. The minimum atomic E-state index is -3.78. The second-order valence-corrected chi connectivity index (χ2v) is 6.94. The van der Waals surface area contributed by atoms with Crippen molar-refractivity contribution in [1.82, 2.24) is 4.72 Å².